The Bertz CT molecular complexity index is 702. The summed E-state index contributed by atoms with van der Waals surface area (Å²) in [7, 11) is 0. The highest BCUT2D eigenvalue weighted by molar-refractivity contribution is 7.12. The Balaban J connectivity index is 1.61. The van der Waals surface area contributed by atoms with E-state index in [-0.39, 0.29) is 5.41 Å². The molecule has 0 unspecified atom stereocenters. The van der Waals surface area contributed by atoms with Crippen molar-refractivity contribution >= 4 is 11.3 Å². The number of hydrogen-bond donors (Lipinski definition) is 0. The summed E-state index contributed by atoms with van der Waals surface area (Å²) in [4.78, 5) is 4.21. The molecule has 0 spiro atoms. The highest BCUT2D eigenvalue weighted by atomic mass is 32.1. The van der Waals surface area contributed by atoms with Gasteiger partial charge in [0.15, 0.2) is 5.01 Å². The van der Waals surface area contributed by atoms with E-state index < -0.39 is 0 Å². The fourth-order valence-electron chi connectivity index (χ4n) is 2.46. The van der Waals surface area contributed by atoms with Crippen LogP contribution in [0.2, 0.25) is 0 Å². The average Bonchev–Trinajstić information content (AvgIpc) is 2.95. The molecule has 1 aromatic carbocycles. The fraction of sp³-hybridized carbons (Fsp3) is 0.267. The smallest absolute Gasteiger partial charge is 0.276 e. The highest BCUT2D eigenvalue weighted by Gasteiger charge is 2.49. The second-order valence-corrected chi connectivity index (χ2v) is 6.09. The first-order valence-electron chi connectivity index (χ1n) is 6.64. The van der Waals surface area contributed by atoms with Gasteiger partial charge in [-0.2, -0.15) is 0 Å². The standard InChI is InChI=1S/C15H13N3OS/c1-2-4-11(5-3-1)10-15(6-7-15)14-18-17-12(19-14)13-16-8-9-20-13/h1-5,8-9H,6-7,10H2. The molecule has 2 heterocycles. The normalized spacial score (nSPS) is 16.2. The Hall–Kier alpha value is -2.01. The zero-order valence-electron chi connectivity index (χ0n) is 10.8. The molecule has 20 heavy (non-hydrogen) atoms. The largest absolute Gasteiger partial charge is 0.418 e. The van der Waals surface area contributed by atoms with Crippen molar-refractivity contribution in [2.24, 2.45) is 0 Å². The van der Waals surface area contributed by atoms with Crippen molar-refractivity contribution in [3.8, 4) is 10.9 Å². The van der Waals surface area contributed by atoms with Crippen molar-refractivity contribution < 1.29 is 4.42 Å². The molecule has 100 valence electrons. The van der Waals surface area contributed by atoms with Gasteiger partial charge in [-0.1, -0.05) is 30.3 Å². The number of benzene rings is 1. The van der Waals surface area contributed by atoms with Crippen LogP contribution >= 0.6 is 11.3 Å². The first kappa shape index (κ1) is 11.8. The van der Waals surface area contributed by atoms with Crippen LogP contribution in [0.4, 0.5) is 0 Å². The van der Waals surface area contributed by atoms with Gasteiger partial charge in [0.2, 0.25) is 5.89 Å². The lowest BCUT2D eigenvalue weighted by Gasteiger charge is -2.09. The maximum Gasteiger partial charge on any atom is 0.276 e. The van der Waals surface area contributed by atoms with Crippen molar-refractivity contribution in [2.45, 2.75) is 24.7 Å². The van der Waals surface area contributed by atoms with E-state index in [1.807, 2.05) is 11.4 Å². The maximum atomic E-state index is 5.85. The zero-order chi connectivity index (χ0) is 13.4. The van der Waals surface area contributed by atoms with E-state index >= 15 is 0 Å². The van der Waals surface area contributed by atoms with Gasteiger partial charge < -0.3 is 4.42 Å². The molecule has 1 aliphatic carbocycles. The molecule has 4 nitrogen and oxygen atoms in total. The molecular weight excluding hydrogens is 270 g/mol. The number of aromatic nitrogens is 3. The van der Waals surface area contributed by atoms with Gasteiger partial charge in [0, 0.05) is 11.6 Å². The van der Waals surface area contributed by atoms with E-state index in [0.29, 0.717) is 5.89 Å². The van der Waals surface area contributed by atoms with Crippen molar-refractivity contribution in [2.75, 3.05) is 0 Å². The lowest BCUT2D eigenvalue weighted by Crippen LogP contribution is -2.11. The molecule has 4 rings (SSSR count). The molecule has 1 aliphatic rings. The highest BCUT2D eigenvalue weighted by Crippen LogP contribution is 2.50. The van der Waals surface area contributed by atoms with Crippen molar-refractivity contribution in [3.05, 3.63) is 53.4 Å². The number of thiazole rings is 1. The van der Waals surface area contributed by atoms with E-state index in [1.54, 1.807) is 6.20 Å². The number of rotatable bonds is 4. The molecule has 0 radical (unpaired) electrons. The van der Waals surface area contributed by atoms with Crippen LogP contribution in [0.25, 0.3) is 10.9 Å². The minimum absolute atomic E-state index is 0.0455. The molecular formula is C15H13N3OS. The van der Waals surface area contributed by atoms with Gasteiger partial charge in [-0.25, -0.2) is 4.98 Å². The Labute approximate surface area is 120 Å². The van der Waals surface area contributed by atoms with E-state index in [1.165, 1.54) is 16.9 Å². The Morgan fingerprint density at radius 2 is 2.00 bits per heavy atom. The van der Waals surface area contributed by atoms with E-state index in [9.17, 15) is 0 Å². The van der Waals surface area contributed by atoms with E-state index in [4.69, 9.17) is 4.42 Å². The van der Waals surface area contributed by atoms with Gasteiger partial charge in [-0.05, 0) is 24.8 Å². The summed E-state index contributed by atoms with van der Waals surface area (Å²) in [5.74, 6) is 1.29. The molecule has 3 aromatic rings. The minimum Gasteiger partial charge on any atom is -0.418 e. The van der Waals surface area contributed by atoms with Crippen LogP contribution in [0.15, 0.2) is 46.3 Å². The molecule has 1 saturated carbocycles. The second-order valence-electron chi connectivity index (χ2n) is 5.19. The first-order chi connectivity index (χ1) is 9.86. The van der Waals surface area contributed by atoms with E-state index in [0.717, 1.165) is 30.2 Å². The SMILES string of the molecule is c1ccc(CC2(c3nnc(-c4nccs4)o3)CC2)cc1. The lowest BCUT2D eigenvalue weighted by atomic mass is 9.96. The van der Waals surface area contributed by atoms with Gasteiger partial charge in [-0.3, -0.25) is 0 Å². The average molecular weight is 283 g/mol. The second kappa shape index (κ2) is 4.52. The van der Waals surface area contributed by atoms with Crippen LogP contribution in [0.1, 0.15) is 24.3 Å². The summed E-state index contributed by atoms with van der Waals surface area (Å²) < 4.78 is 5.85. The first-order valence-corrected chi connectivity index (χ1v) is 7.51. The topological polar surface area (TPSA) is 51.8 Å². The minimum atomic E-state index is 0.0455. The van der Waals surface area contributed by atoms with Crippen LogP contribution in [0.3, 0.4) is 0 Å². The van der Waals surface area contributed by atoms with Crippen LogP contribution < -0.4 is 0 Å². The fourth-order valence-corrected chi connectivity index (χ4v) is 3.01. The Kier molecular flexibility index (Phi) is 2.67. The summed E-state index contributed by atoms with van der Waals surface area (Å²) in [6.07, 6.45) is 4.94. The predicted molar refractivity (Wildman–Crippen MR) is 76.5 cm³/mol. The van der Waals surface area contributed by atoms with Crippen molar-refractivity contribution in [3.63, 3.8) is 0 Å². The van der Waals surface area contributed by atoms with Gasteiger partial charge in [0.1, 0.15) is 0 Å². The summed E-state index contributed by atoms with van der Waals surface area (Å²) in [6, 6.07) is 10.5. The van der Waals surface area contributed by atoms with Crippen LogP contribution in [0.5, 0.6) is 0 Å². The molecule has 0 amide bonds. The van der Waals surface area contributed by atoms with Crippen LogP contribution in [0, 0.1) is 0 Å². The van der Waals surface area contributed by atoms with Gasteiger partial charge in [0.25, 0.3) is 5.89 Å². The van der Waals surface area contributed by atoms with Crippen molar-refractivity contribution in [1.82, 2.24) is 15.2 Å². The molecule has 0 saturated heterocycles. The summed E-state index contributed by atoms with van der Waals surface area (Å²) in [6.45, 7) is 0. The van der Waals surface area contributed by atoms with Crippen LogP contribution in [-0.2, 0) is 11.8 Å². The molecule has 0 N–H and O–H groups in total. The molecule has 0 bridgehead atoms. The summed E-state index contributed by atoms with van der Waals surface area (Å²) in [5, 5.41) is 11.1. The third-order valence-electron chi connectivity index (χ3n) is 3.73. The van der Waals surface area contributed by atoms with Gasteiger partial charge in [0.05, 0.1) is 5.41 Å². The Morgan fingerprint density at radius 3 is 2.70 bits per heavy atom. The zero-order valence-corrected chi connectivity index (χ0v) is 11.6. The number of hydrogen-bond acceptors (Lipinski definition) is 5. The quantitative estimate of drug-likeness (QED) is 0.735. The monoisotopic (exact) mass is 283 g/mol. The van der Waals surface area contributed by atoms with Crippen LogP contribution in [-0.4, -0.2) is 15.2 Å². The lowest BCUT2D eigenvalue weighted by molar-refractivity contribution is 0.439. The van der Waals surface area contributed by atoms with E-state index in [2.05, 4.69) is 39.4 Å². The summed E-state index contributed by atoms with van der Waals surface area (Å²) >= 11 is 1.52. The maximum absolute atomic E-state index is 5.85. The van der Waals surface area contributed by atoms with Crippen molar-refractivity contribution in [1.29, 1.82) is 0 Å². The summed E-state index contributed by atoms with van der Waals surface area (Å²) in [5.41, 5.74) is 1.36. The molecule has 5 heteroatoms. The molecule has 0 atom stereocenters. The van der Waals surface area contributed by atoms with Gasteiger partial charge >= 0.3 is 0 Å². The molecule has 0 aliphatic heterocycles. The molecule has 1 fully saturated rings. The molecule has 2 aromatic heterocycles. The Morgan fingerprint density at radius 1 is 1.15 bits per heavy atom. The predicted octanol–water partition coefficient (Wildman–Crippen LogP) is 3.47. The third-order valence-corrected chi connectivity index (χ3v) is 4.49. The number of nitrogens with zero attached hydrogens (tertiary/aromatic N) is 3. The van der Waals surface area contributed by atoms with Gasteiger partial charge in [-0.15, -0.1) is 21.5 Å². The third kappa shape index (κ3) is 2.04.